The van der Waals surface area contributed by atoms with E-state index in [-0.39, 0.29) is 37.0 Å². The van der Waals surface area contributed by atoms with Crippen molar-refractivity contribution < 1.29 is 24.5 Å². The van der Waals surface area contributed by atoms with E-state index in [0.29, 0.717) is 10.9 Å². The molecular weight excluding hydrogens is 709 g/mol. The van der Waals surface area contributed by atoms with E-state index in [9.17, 15) is 15.0 Å². The average Bonchev–Trinajstić information content (AvgIpc) is 3.59. The van der Waals surface area contributed by atoms with Gasteiger partial charge in [-0.2, -0.15) is 4.68 Å². The first kappa shape index (κ1) is 35.2. The van der Waals surface area contributed by atoms with E-state index in [0.717, 1.165) is 39.1 Å². The lowest BCUT2D eigenvalue weighted by Gasteiger charge is -2.41. The van der Waals surface area contributed by atoms with Crippen LogP contribution in [0.5, 0.6) is 5.75 Å². The summed E-state index contributed by atoms with van der Waals surface area (Å²) in [6.07, 6.45) is -1.23. The molecule has 0 radical (unpaired) electrons. The number of thioether (sulfide) groups is 1. The second-order valence-electron chi connectivity index (χ2n) is 11.5. The van der Waals surface area contributed by atoms with Crippen LogP contribution in [0.2, 0.25) is 0 Å². The molecule has 4 atom stereocenters. The molecule has 2 heterocycles. The molecule has 3 N–H and O–H groups in total. The minimum absolute atomic E-state index is 0.0448. The monoisotopic (exact) mass is 739 g/mol. The molecule has 1 aromatic heterocycles. The molecular formula is C35H32Cl3N5O5S. The summed E-state index contributed by atoms with van der Waals surface area (Å²) in [6.45, 7) is 2.23. The van der Waals surface area contributed by atoms with Crippen molar-refractivity contribution >= 4 is 52.5 Å². The van der Waals surface area contributed by atoms with Crippen LogP contribution in [0.4, 0.5) is 0 Å². The van der Waals surface area contributed by atoms with Gasteiger partial charge < -0.3 is 25.0 Å². The molecule has 0 bridgehead atoms. The zero-order chi connectivity index (χ0) is 34.5. The predicted molar refractivity (Wildman–Crippen MR) is 189 cm³/mol. The Balaban J connectivity index is 1.23. The number of rotatable bonds is 10. The van der Waals surface area contributed by atoms with Crippen molar-refractivity contribution in [3.8, 4) is 22.6 Å². The van der Waals surface area contributed by atoms with Gasteiger partial charge in [-0.05, 0) is 62.5 Å². The molecule has 1 amide bonds. The highest BCUT2D eigenvalue weighted by atomic mass is 35.6. The summed E-state index contributed by atoms with van der Waals surface area (Å²) in [7, 11) is 0. The van der Waals surface area contributed by atoms with Crippen molar-refractivity contribution in [3.05, 3.63) is 119 Å². The second-order valence-corrected chi connectivity index (χ2v) is 14.8. The predicted octanol–water partition coefficient (Wildman–Crippen LogP) is 7.10. The molecule has 254 valence electrons. The molecule has 10 nitrogen and oxygen atoms in total. The quantitative estimate of drug-likeness (QED) is 0.101. The van der Waals surface area contributed by atoms with Crippen LogP contribution in [0.3, 0.4) is 0 Å². The maximum atomic E-state index is 12.2. The number of phenols is 1. The van der Waals surface area contributed by atoms with Gasteiger partial charge in [-0.15, -0.1) is 5.10 Å². The van der Waals surface area contributed by atoms with E-state index in [1.165, 1.54) is 11.8 Å². The van der Waals surface area contributed by atoms with Gasteiger partial charge in [0.2, 0.25) is 5.16 Å². The lowest BCUT2D eigenvalue weighted by atomic mass is 9.91. The molecule has 1 fully saturated rings. The van der Waals surface area contributed by atoms with Gasteiger partial charge in [0.25, 0.3) is 9.70 Å². The Morgan fingerprint density at radius 2 is 1.63 bits per heavy atom. The van der Waals surface area contributed by atoms with Crippen molar-refractivity contribution in [2.45, 2.75) is 47.5 Å². The number of aromatic hydroxyl groups is 1. The number of tetrazole rings is 1. The van der Waals surface area contributed by atoms with Crippen LogP contribution in [0.1, 0.15) is 41.6 Å². The standard InChI is InChI=1S/C35H32Cl3N5O5S/c1-21-30(20-49-34-40-41-42-43(34)27-14-16-28(45)17-15-27)47-32(48-31(21)24-8-6-22(19-44)7-9-24)25-12-10-23(11-13-25)29-5-3-2-4-26(29)18-39-33(46)35(36,37)38/h2-17,21,30-32,44-45H,18-20H2,1H3,(H,39,46)/t21-,30+,31+,32+/m1/s1. The Morgan fingerprint density at radius 1 is 0.939 bits per heavy atom. The second kappa shape index (κ2) is 15.5. The Hall–Kier alpha value is -3.68. The van der Waals surface area contributed by atoms with E-state index in [4.69, 9.17) is 44.3 Å². The summed E-state index contributed by atoms with van der Waals surface area (Å²) in [5.41, 5.74) is 6.05. The number of halogens is 3. The highest BCUT2D eigenvalue weighted by Gasteiger charge is 2.39. The zero-order valence-corrected chi connectivity index (χ0v) is 29.2. The Morgan fingerprint density at radius 3 is 2.33 bits per heavy atom. The van der Waals surface area contributed by atoms with Gasteiger partial charge in [-0.1, -0.05) is 126 Å². The topological polar surface area (TPSA) is 132 Å². The van der Waals surface area contributed by atoms with Gasteiger partial charge >= 0.3 is 0 Å². The first-order valence-corrected chi connectivity index (χ1v) is 17.5. The lowest BCUT2D eigenvalue weighted by molar-refractivity contribution is -0.268. The van der Waals surface area contributed by atoms with Crippen LogP contribution < -0.4 is 5.32 Å². The smallest absolute Gasteiger partial charge is 0.272 e. The third-order valence-corrected chi connectivity index (χ3v) is 9.77. The van der Waals surface area contributed by atoms with Crippen molar-refractivity contribution in [1.82, 2.24) is 25.5 Å². The van der Waals surface area contributed by atoms with E-state index >= 15 is 0 Å². The number of aliphatic hydroxyl groups excluding tert-OH is 1. The molecule has 1 aliphatic heterocycles. The molecule has 49 heavy (non-hydrogen) atoms. The minimum Gasteiger partial charge on any atom is -0.508 e. The van der Waals surface area contributed by atoms with Crippen LogP contribution in [0.15, 0.2) is 102 Å². The first-order valence-electron chi connectivity index (χ1n) is 15.3. The summed E-state index contributed by atoms with van der Waals surface area (Å²) >= 11 is 18.7. The third-order valence-electron chi connectivity index (χ3n) is 8.24. The molecule has 0 spiro atoms. The largest absolute Gasteiger partial charge is 0.508 e. The number of alkyl halides is 3. The summed E-state index contributed by atoms with van der Waals surface area (Å²) in [6, 6.07) is 30.0. The van der Waals surface area contributed by atoms with E-state index in [1.54, 1.807) is 28.9 Å². The van der Waals surface area contributed by atoms with Crippen LogP contribution >= 0.6 is 46.6 Å². The van der Waals surface area contributed by atoms with Gasteiger partial charge in [0.1, 0.15) is 5.75 Å². The lowest BCUT2D eigenvalue weighted by Crippen LogP contribution is -2.38. The number of aliphatic hydroxyl groups is 1. The zero-order valence-electron chi connectivity index (χ0n) is 26.1. The number of phenolic OH excluding ortho intramolecular Hbond substituents is 1. The van der Waals surface area contributed by atoms with Crippen LogP contribution in [-0.2, 0) is 27.4 Å². The third kappa shape index (κ3) is 8.38. The highest BCUT2D eigenvalue weighted by Crippen LogP contribution is 2.43. The SMILES string of the molecule is C[C@@H]1[C@H](CSc2nnnn2-c2ccc(O)cc2)O[C@H](c2ccc(-c3ccccc3CNC(=O)C(Cl)(Cl)Cl)cc2)O[C@@H]1c1ccc(CO)cc1. The molecule has 5 aromatic rings. The Bertz CT molecular complexity index is 1870. The fourth-order valence-electron chi connectivity index (χ4n) is 5.54. The minimum atomic E-state index is -2.05. The van der Waals surface area contributed by atoms with Crippen LogP contribution in [-0.4, -0.2) is 52.0 Å². The normalized spacial score (nSPS) is 19.4. The van der Waals surface area contributed by atoms with Crippen molar-refractivity contribution in [3.63, 3.8) is 0 Å². The fourth-order valence-corrected chi connectivity index (χ4v) is 6.80. The maximum Gasteiger partial charge on any atom is 0.272 e. The molecule has 0 unspecified atom stereocenters. The van der Waals surface area contributed by atoms with Gasteiger partial charge in [-0.3, -0.25) is 4.79 Å². The summed E-state index contributed by atoms with van der Waals surface area (Å²) in [5, 5.41) is 34.8. The Labute approximate surface area is 302 Å². The fraction of sp³-hybridized carbons (Fsp3) is 0.257. The molecule has 14 heteroatoms. The van der Waals surface area contributed by atoms with Crippen LogP contribution in [0, 0.1) is 5.92 Å². The van der Waals surface area contributed by atoms with Crippen LogP contribution in [0.25, 0.3) is 16.8 Å². The summed E-state index contributed by atoms with van der Waals surface area (Å²) in [4.78, 5) is 12.2. The van der Waals surface area contributed by atoms with Crippen molar-refractivity contribution in [2.24, 2.45) is 5.92 Å². The Kier molecular flexibility index (Phi) is 11.1. The van der Waals surface area contributed by atoms with E-state index in [2.05, 4.69) is 27.8 Å². The molecule has 4 aromatic carbocycles. The average molecular weight is 741 g/mol. The molecule has 1 saturated heterocycles. The van der Waals surface area contributed by atoms with E-state index in [1.807, 2.05) is 72.8 Å². The number of hydrogen-bond acceptors (Lipinski definition) is 9. The molecule has 6 rings (SSSR count). The maximum absolute atomic E-state index is 12.2. The first-order chi connectivity index (χ1) is 23.6. The molecule has 0 aliphatic carbocycles. The summed E-state index contributed by atoms with van der Waals surface area (Å²) in [5.74, 6) is -0.0533. The number of carbonyl (C=O) groups excluding carboxylic acids is 1. The number of benzene rings is 4. The number of carbonyl (C=O) groups is 1. The van der Waals surface area contributed by atoms with Gasteiger partial charge in [-0.25, -0.2) is 0 Å². The van der Waals surface area contributed by atoms with Crippen molar-refractivity contribution in [1.29, 1.82) is 0 Å². The highest BCUT2D eigenvalue weighted by molar-refractivity contribution is 7.99. The van der Waals surface area contributed by atoms with Gasteiger partial charge in [0.05, 0.1) is 24.5 Å². The molecule has 1 aliphatic rings. The number of aromatic nitrogens is 4. The number of amides is 1. The molecule has 0 saturated carbocycles. The van der Waals surface area contributed by atoms with Gasteiger partial charge in [0, 0.05) is 23.8 Å². The van der Waals surface area contributed by atoms with E-state index < -0.39 is 16.0 Å². The summed E-state index contributed by atoms with van der Waals surface area (Å²) < 4.78 is 12.8. The number of ether oxygens (including phenoxy) is 2. The number of nitrogens with zero attached hydrogens (tertiary/aromatic N) is 4. The number of hydrogen-bond donors (Lipinski definition) is 3. The van der Waals surface area contributed by atoms with Crippen molar-refractivity contribution in [2.75, 3.05) is 5.75 Å². The number of nitrogens with one attached hydrogen (secondary N) is 1. The van der Waals surface area contributed by atoms with Gasteiger partial charge in [0.15, 0.2) is 6.29 Å².